The van der Waals surface area contributed by atoms with E-state index in [1.807, 2.05) is 36.4 Å². The van der Waals surface area contributed by atoms with E-state index in [1.165, 1.54) is 12.2 Å². The van der Waals surface area contributed by atoms with Crippen LogP contribution in [0.4, 0.5) is 0 Å². The smallest absolute Gasteiger partial charge is 0.0964 e. The van der Waals surface area contributed by atoms with Crippen LogP contribution in [0.2, 0.25) is 0 Å². The Hall–Kier alpha value is -1.63. The third-order valence-corrected chi connectivity index (χ3v) is 1.79. The van der Waals surface area contributed by atoms with E-state index in [0.29, 0.717) is 6.61 Å². The van der Waals surface area contributed by atoms with Gasteiger partial charge in [0.15, 0.2) is 0 Å². The fourth-order valence-corrected chi connectivity index (χ4v) is 1.08. The second-order valence-corrected chi connectivity index (χ2v) is 3.06. The van der Waals surface area contributed by atoms with Crippen molar-refractivity contribution in [3.05, 3.63) is 48.0 Å². The number of aliphatic hydroxyl groups is 1. The molecule has 0 heterocycles. The summed E-state index contributed by atoms with van der Waals surface area (Å²) in [5, 5.41) is 17.5. The van der Waals surface area contributed by atoms with Crippen LogP contribution >= 0.6 is 0 Å². The van der Waals surface area contributed by atoms with E-state index in [2.05, 4.69) is 0 Å². The van der Waals surface area contributed by atoms with Gasteiger partial charge in [-0.2, -0.15) is 5.26 Å². The van der Waals surface area contributed by atoms with Gasteiger partial charge in [0.2, 0.25) is 0 Å². The largest absolute Gasteiger partial charge is 0.387 e. The number of aliphatic hydroxyl groups excluding tert-OH is 1. The second kappa shape index (κ2) is 6.77. The first-order chi connectivity index (χ1) is 7.33. The summed E-state index contributed by atoms with van der Waals surface area (Å²) in [5.41, 5.74) is 1.06. The van der Waals surface area contributed by atoms with Crippen molar-refractivity contribution in [1.82, 2.24) is 0 Å². The maximum atomic E-state index is 9.30. The number of ether oxygens (including phenoxy) is 1. The molecule has 0 aliphatic heterocycles. The predicted octanol–water partition coefficient (Wildman–Crippen LogP) is 1.64. The summed E-state index contributed by atoms with van der Waals surface area (Å²) in [6.07, 6.45) is 1.94. The Labute approximate surface area is 89.2 Å². The zero-order valence-corrected chi connectivity index (χ0v) is 8.34. The van der Waals surface area contributed by atoms with Gasteiger partial charge in [-0.25, -0.2) is 0 Å². The molecule has 0 saturated carbocycles. The summed E-state index contributed by atoms with van der Waals surface area (Å²) >= 11 is 0. The molecule has 78 valence electrons. The van der Waals surface area contributed by atoms with Crippen LogP contribution in [-0.2, 0) is 11.3 Å². The molecular weight excluding hydrogens is 190 g/mol. The van der Waals surface area contributed by atoms with Crippen LogP contribution in [0.25, 0.3) is 0 Å². The highest BCUT2D eigenvalue weighted by atomic mass is 16.5. The van der Waals surface area contributed by atoms with Crippen molar-refractivity contribution in [2.45, 2.75) is 12.7 Å². The summed E-state index contributed by atoms with van der Waals surface area (Å²) in [7, 11) is 0. The molecule has 0 aliphatic carbocycles. The fourth-order valence-electron chi connectivity index (χ4n) is 1.08. The van der Waals surface area contributed by atoms with Gasteiger partial charge in [0.25, 0.3) is 0 Å². The Bertz CT molecular complexity index is 340. The maximum absolute atomic E-state index is 9.30. The van der Waals surface area contributed by atoms with E-state index >= 15 is 0 Å². The molecule has 0 aromatic heterocycles. The SMILES string of the molecule is N#C/C=C/[C@@H](O)COCc1ccccc1. The molecule has 1 aromatic rings. The molecule has 0 spiro atoms. The lowest BCUT2D eigenvalue weighted by atomic mass is 10.2. The van der Waals surface area contributed by atoms with Crippen LogP contribution < -0.4 is 0 Å². The highest BCUT2D eigenvalue weighted by Crippen LogP contribution is 2.01. The van der Waals surface area contributed by atoms with Gasteiger partial charge in [-0.15, -0.1) is 0 Å². The quantitative estimate of drug-likeness (QED) is 0.740. The van der Waals surface area contributed by atoms with Gasteiger partial charge >= 0.3 is 0 Å². The lowest BCUT2D eigenvalue weighted by Gasteiger charge is -2.06. The van der Waals surface area contributed by atoms with E-state index in [1.54, 1.807) is 0 Å². The predicted molar refractivity (Wildman–Crippen MR) is 56.9 cm³/mol. The van der Waals surface area contributed by atoms with E-state index in [9.17, 15) is 5.11 Å². The molecular formula is C12H13NO2. The molecule has 1 rings (SSSR count). The van der Waals surface area contributed by atoms with E-state index < -0.39 is 6.10 Å². The summed E-state index contributed by atoms with van der Waals surface area (Å²) < 4.78 is 5.27. The first-order valence-corrected chi connectivity index (χ1v) is 4.69. The van der Waals surface area contributed by atoms with Crippen molar-refractivity contribution >= 4 is 0 Å². The second-order valence-electron chi connectivity index (χ2n) is 3.06. The Balaban J connectivity index is 2.22. The molecule has 0 unspecified atom stereocenters. The van der Waals surface area contributed by atoms with Crippen molar-refractivity contribution < 1.29 is 9.84 Å². The van der Waals surface area contributed by atoms with Gasteiger partial charge in [-0.3, -0.25) is 0 Å². The van der Waals surface area contributed by atoms with Crippen LogP contribution in [0.3, 0.4) is 0 Å². The minimum absolute atomic E-state index is 0.201. The van der Waals surface area contributed by atoms with Crippen LogP contribution in [-0.4, -0.2) is 17.8 Å². The minimum Gasteiger partial charge on any atom is -0.387 e. The van der Waals surface area contributed by atoms with Gasteiger partial charge < -0.3 is 9.84 Å². The van der Waals surface area contributed by atoms with Crippen molar-refractivity contribution in [3.8, 4) is 6.07 Å². The average molecular weight is 203 g/mol. The van der Waals surface area contributed by atoms with Gasteiger partial charge in [0.1, 0.15) is 0 Å². The number of benzene rings is 1. The van der Waals surface area contributed by atoms with E-state index in [4.69, 9.17) is 10.00 Å². The van der Waals surface area contributed by atoms with Crippen LogP contribution in [0.1, 0.15) is 5.56 Å². The monoisotopic (exact) mass is 203 g/mol. The molecule has 0 saturated heterocycles. The summed E-state index contributed by atoms with van der Waals surface area (Å²) in [6.45, 7) is 0.672. The molecule has 0 fully saturated rings. The van der Waals surface area contributed by atoms with Gasteiger partial charge in [0, 0.05) is 6.08 Å². The zero-order valence-electron chi connectivity index (χ0n) is 8.34. The molecule has 0 bridgehead atoms. The van der Waals surface area contributed by atoms with Crippen molar-refractivity contribution in [2.75, 3.05) is 6.61 Å². The first kappa shape index (κ1) is 11.4. The highest BCUT2D eigenvalue weighted by Gasteiger charge is 1.98. The number of nitriles is 1. The van der Waals surface area contributed by atoms with Gasteiger partial charge in [-0.1, -0.05) is 30.3 Å². The topological polar surface area (TPSA) is 53.2 Å². The maximum Gasteiger partial charge on any atom is 0.0964 e. The Morgan fingerprint density at radius 2 is 2.13 bits per heavy atom. The standard InChI is InChI=1S/C12H13NO2/c13-8-4-7-12(14)10-15-9-11-5-2-1-3-6-11/h1-7,12,14H,9-10H2/b7-4+/t12-/m1/s1. The molecule has 3 nitrogen and oxygen atoms in total. The number of nitrogens with zero attached hydrogens (tertiary/aromatic N) is 1. The molecule has 0 radical (unpaired) electrons. The van der Waals surface area contributed by atoms with Crippen LogP contribution in [0.15, 0.2) is 42.5 Å². The Kier molecular flexibility index (Phi) is 5.16. The third kappa shape index (κ3) is 4.96. The molecule has 1 aromatic carbocycles. The molecule has 0 aliphatic rings. The molecule has 15 heavy (non-hydrogen) atoms. The van der Waals surface area contributed by atoms with Gasteiger partial charge in [-0.05, 0) is 11.6 Å². The van der Waals surface area contributed by atoms with E-state index in [0.717, 1.165) is 5.56 Å². The van der Waals surface area contributed by atoms with Crippen LogP contribution in [0.5, 0.6) is 0 Å². The highest BCUT2D eigenvalue weighted by molar-refractivity contribution is 5.13. The van der Waals surface area contributed by atoms with E-state index in [-0.39, 0.29) is 6.61 Å². The number of rotatable bonds is 5. The van der Waals surface area contributed by atoms with Crippen LogP contribution in [0, 0.1) is 11.3 Å². The zero-order chi connectivity index (χ0) is 10.9. The average Bonchev–Trinajstić information content (AvgIpc) is 2.28. The minimum atomic E-state index is -0.714. The summed E-state index contributed by atoms with van der Waals surface area (Å²) in [6, 6.07) is 11.5. The number of allylic oxidation sites excluding steroid dienone is 1. The summed E-state index contributed by atoms with van der Waals surface area (Å²) in [4.78, 5) is 0. The fraction of sp³-hybridized carbons (Fsp3) is 0.250. The van der Waals surface area contributed by atoms with Gasteiger partial charge in [0.05, 0.1) is 25.4 Å². The lowest BCUT2D eigenvalue weighted by Crippen LogP contribution is -2.11. The third-order valence-electron chi connectivity index (χ3n) is 1.79. The first-order valence-electron chi connectivity index (χ1n) is 4.69. The lowest BCUT2D eigenvalue weighted by molar-refractivity contribution is 0.0504. The normalized spacial score (nSPS) is 12.5. The van der Waals surface area contributed by atoms with Crippen molar-refractivity contribution in [3.63, 3.8) is 0 Å². The molecule has 3 heteroatoms. The van der Waals surface area contributed by atoms with Crippen molar-refractivity contribution in [1.29, 1.82) is 5.26 Å². The number of hydrogen-bond acceptors (Lipinski definition) is 3. The Morgan fingerprint density at radius 3 is 2.80 bits per heavy atom. The summed E-state index contributed by atoms with van der Waals surface area (Å²) in [5.74, 6) is 0. The molecule has 1 atom stereocenters. The Morgan fingerprint density at radius 1 is 1.40 bits per heavy atom. The number of hydrogen-bond donors (Lipinski definition) is 1. The molecule has 1 N–H and O–H groups in total. The molecule has 0 amide bonds. The van der Waals surface area contributed by atoms with Crippen molar-refractivity contribution in [2.24, 2.45) is 0 Å².